The summed E-state index contributed by atoms with van der Waals surface area (Å²) in [4.78, 5) is 13.4. The monoisotopic (exact) mass is 446 g/mol. The fourth-order valence-electron chi connectivity index (χ4n) is 3.52. The Labute approximate surface area is 186 Å². The number of phenolic OH excluding ortho intramolecular Hbond substituents is 1. The molecule has 3 aromatic heterocycles. The van der Waals surface area contributed by atoms with Gasteiger partial charge in [-0.25, -0.2) is 15.0 Å². The maximum atomic E-state index is 10.4. The van der Waals surface area contributed by atoms with Crippen molar-refractivity contribution in [3.05, 3.63) is 73.1 Å². The van der Waals surface area contributed by atoms with E-state index in [0.717, 1.165) is 37.4 Å². The van der Waals surface area contributed by atoms with Gasteiger partial charge in [0.15, 0.2) is 11.4 Å². The van der Waals surface area contributed by atoms with Gasteiger partial charge in [-0.3, -0.25) is 0 Å². The Balaban J connectivity index is 0.00000204. The predicted octanol–water partition coefficient (Wildman–Crippen LogP) is 6.52. The van der Waals surface area contributed by atoms with E-state index >= 15 is 0 Å². The molecule has 6 aromatic rings. The number of rotatable bonds is 3. The lowest BCUT2D eigenvalue weighted by Gasteiger charge is -2.08. The van der Waals surface area contributed by atoms with Crippen LogP contribution in [0.4, 0.5) is 11.5 Å². The lowest BCUT2D eigenvalue weighted by Crippen LogP contribution is -1.95. The number of furan rings is 1. The Morgan fingerprint density at radius 1 is 0.935 bits per heavy atom. The fourth-order valence-corrected chi connectivity index (χ4v) is 4.51. The number of hydrogen-bond donors (Lipinski definition) is 2. The summed E-state index contributed by atoms with van der Waals surface area (Å²) in [6, 6.07) is 21.0. The lowest BCUT2D eigenvalue weighted by atomic mass is 10.2. The Kier molecular flexibility index (Phi) is 4.69. The molecular weight excluding hydrogens is 432 g/mol. The van der Waals surface area contributed by atoms with Gasteiger partial charge < -0.3 is 14.8 Å². The molecular formula is C23H15ClN4O2S. The highest BCUT2D eigenvalue weighted by molar-refractivity contribution is 7.21. The average molecular weight is 447 g/mol. The van der Waals surface area contributed by atoms with Crippen molar-refractivity contribution in [3.8, 4) is 16.3 Å². The van der Waals surface area contributed by atoms with Gasteiger partial charge in [-0.1, -0.05) is 24.3 Å². The molecule has 0 radical (unpaired) electrons. The zero-order valence-electron chi connectivity index (χ0n) is 15.9. The minimum absolute atomic E-state index is 0. The number of thiazole rings is 1. The number of phenols is 1. The lowest BCUT2D eigenvalue weighted by molar-refractivity contribution is 0.477. The van der Waals surface area contributed by atoms with Gasteiger partial charge in [-0.05, 0) is 42.5 Å². The summed E-state index contributed by atoms with van der Waals surface area (Å²) < 4.78 is 7.06. The summed E-state index contributed by atoms with van der Waals surface area (Å²) in [5, 5.41) is 15.4. The third-order valence-electron chi connectivity index (χ3n) is 4.94. The minimum atomic E-state index is 0. The topological polar surface area (TPSA) is 84.1 Å². The van der Waals surface area contributed by atoms with E-state index in [1.807, 2.05) is 54.6 Å². The molecule has 3 heterocycles. The first-order chi connectivity index (χ1) is 14.8. The molecule has 0 saturated heterocycles. The van der Waals surface area contributed by atoms with Crippen LogP contribution in [0, 0.1) is 0 Å². The molecule has 6 nitrogen and oxygen atoms in total. The Hall–Kier alpha value is -3.68. The molecule has 0 aliphatic heterocycles. The van der Waals surface area contributed by atoms with Crippen molar-refractivity contribution in [3.63, 3.8) is 0 Å². The molecule has 0 bridgehead atoms. The van der Waals surface area contributed by atoms with Crippen molar-refractivity contribution in [2.24, 2.45) is 0 Å². The van der Waals surface area contributed by atoms with E-state index < -0.39 is 0 Å². The molecule has 6 rings (SSSR count). The molecule has 0 amide bonds. The van der Waals surface area contributed by atoms with Gasteiger partial charge in [0, 0.05) is 11.1 Å². The molecule has 152 valence electrons. The molecule has 0 unspecified atom stereocenters. The molecule has 0 spiro atoms. The average Bonchev–Trinajstić information content (AvgIpc) is 3.37. The Morgan fingerprint density at radius 2 is 1.77 bits per heavy atom. The second-order valence-corrected chi connectivity index (χ2v) is 7.87. The second kappa shape index (κ2) is 7.54. The number of hydrogen-bond acceptors (Lipinski definition) is 7. The zero-order valence-corrected chi connectivity index (χ0v) is 17.6. The molecule has 0 aliphatic carbocycles. The van der Waals surface area contributed by atoms with Crippen LogP contribution in [0.25, 0.3) is 42.9 Å². The van der Waals surface area contributed by atoms with Crippen LogP contribution in [0.1, 0.15) is 0 Å². The van der Waals surface area contributed by atoms with Crippen molar-refractivity contribution in [2.45, 2.75) is 0 Å². The number of fused-ring (bicyclic) bond motifs is 4. The summed E-state index contributed by atoms with van der Waals surface area (Å²) in [5.41, 5.74) is 4.45. The number of anilines is 2. The summed E-state index contributed by atoms with van der Waals surface area (Å²) in [5.74, 6) is 0.744. The second-order valence-electron chi connectivity index (χ2n) is 6.84. The van der Waals surface area contributed by atoms with Gasteiger partial charge >= 0.3 is 0 Å². The highest BCUT2D eigenvalue weighted by Crippen LogP contribution is 2.38. The van der Waals surface area contributed by atoms with Gasteiger partial charge in [-0.15, -0.1) is 23.7 Å². The molecule has 0 atom stereocenters. The van der Waals surface area contributed by atoms with E-state index in [-0.39, 0.29) is 18.2 Å². The third-order valence-corrected chi connectivity index (χ3v) is 6.01. The number of aromatic nitrogens is 3. The quantitative estimate of drug-likeness (QED) is 0.301. The zero-order chi connectivity index (χ0) is 20.1. The molecule has 0 fully saturated rings. The normalized spacial score (nSPS) is 11.1. The third kappa shape index (κ3) is 3.24. The van der Waals surface area contributed by atoms with E-state index in [0.29, 0.717) is 17.0 Å². The van der Waals surface area contributed by atoms with Crippen molar-refractivity contribution < 1.29 is 9.52 Å². The van der Waals surface area contributed by atoms with Gasteiger partial charge in [0.25, 0.3) is 0 Å². The number of aromatic hydroxyl groups is 1. The van der Waals surface area contributed by atoms with Crippen molar-refractivity contribution in [2.75, 3.05) is 5.32 Å². The number of para-hydroxylation sites is 2. The van der Waals surface area contributed by atoms with Gasteiger partial charge in [0.1, 0.15) is 28.2 Å². The molecule has 8 heteroatoms. The van der Waals surface area contributed by atoms with Crippen molar-refractivity contribution >= 4 is 67.5 Å². The Morgan fingerprint density at radius 3 is 2.68 bits per heavy atom. The first-order valence-corrected chi connectivity index (χ1v) is 10.2. The van der Waals surface area contributed by atoms with Crippen molar-refractivity contribution in [1.82, 2.24) is 15.0 Å². The first kappa shape index (κ1) is 19.3. The van der Waals surface area contributed by atoms with Crippen LogP contribution in [0.15, 0.2) is 77.5 Å². The molecule has 3 aromatic carbocycles. The highest BCUT2D eigenvalue weighted by atomic mass is 35.5. The maximum Gasteiger partial charge on any atom is 0.196 e. The van der Waals surface area contributed by atoms with E-state index in [4.69, 9.17) is 4.42 Å². The van der Waals surface area contributed by atoms with Gasteiger partial charge in [0.2, 0.25) is 0 Å². The largest absolute Gasteiger partial charge is 0.507 e. The van der Waals surface area contributed by atoms with E-state index in [2.05, 4.69) is 20.3 Å². The Bertz CT molecular complexity index is 1530. The predicted molar refractivity (Wildman–Crippen MR) is 127 cm³/mol. The molecule has 2 N–H and O–H groups in total. The maximum absolute atomic E-state index is 10.4. The number of nitrogens with zero attached hydrogens (tertiary/aromatic N) is 3. The number of halogens is 1. The van der Waals surface area contributed by atoms with E-state index in [1.165, 1.54) is 6.33 Å². The van der Waals surface area contributed by atoms with Crippen LogP contribution < -0.4 is 5.32 Å². The fraction of sp³-hybridized carbons (Fsp3) is 0. The number of nitrogens with one attached hydrogen (secondary N) is 1. The minimum Gasteiger partial charge on any atom is -0.507 e. The summed E-state index contributed by atoms with van der Waals surface area (Å²) in [7, 11) is 0. The van der Waals surface area contributed by atoms with Crippen LogP contribution in [-0.4, -0.2) is 20.1 Å². The molecule has 0 aliphatic rings. The summed E-state index contributed by atoms with van der Waals surface area (Å²) in [6.45, 7) is 0. The molecule has 31 heavy (non-hydrogen) atoms. The first-order valence-electron chi connectivity index (χ1n) is 9.34. The van der Waals surface area contributed by atoms with Crippen LogP contribution in [0.2, 0.25) is 0 Å². The highest BCUT2D eigenvalue weighted by Gasteiger charge is 2.15. The van der Waals surface area contributed by atoms with Gasteiger partial charge in [0.05, 0.1) is 15.8 Å². The SMILES string of the molecule is Cl.Oc1ccc(Nc2ncnc3c2oc2ccccc23)cc1-c1nc2ccccc2s1. The van der Waals surface area contributed by atoms with Crippen LogP contribution >= 0.6 is 23.7 Å². The standard InChI is InChI=1S/C23H14N4O2S.ClH/c28-17-10-9-13(11-15(17)23-27-16-6-2-4-8-19(16)30-23)26-22-21-20(24-12-25-22)14-5-1-3-7-18(14)29-21;/h1-12,28H,(H,24,25,26);1H. The van der Waals surface area contributed by atoms with Crippen molar-refractivity contribution in [1.29, 1.82) is 0 Å². The molecule has 0 saturated carbocycles. The summed E-state index contributed by atoms with van der Waals surface area (Å²) >= 11 is 1.54. The van der Waals surface area contributed by atoms with E-state index in [1.54, 1.807) is 23.5 Å². The number of benzene rings is 3. The smallest absolute Gasteiger partial charge is 0.196 e. The van der Waals surface area contributed by atoms with Crippen LogP contribution in [0.3, 0.4) is 0 Å². The summed E-state index contributed by atoms with van der Waals surface area (Å²) in [6.07, 6.45) is 1.52. The van der Waals surface area contributed by atoms with Gasteiger partial charge in [-0.2, -0.15) is 0 Å². The van der Waals surface area contributed by atoms with E-state index in [9.17, 15) is 5.11 Å². The van der Waals surface area contributed by atoms with Crippen LogP contribution in [-0.2, 0) is 0 Å². The van der Waals surface area contributed by atoms with Crippen LogP contribution in [0.5, 0.6) is 5.75 Å².